The van der Waals surface area contributed by atoms with Crippen LogP contribution >= 0.6 is 0 Å². The van der Waals surface area contributed by atoms with E-state index in [0.29, 0.717) is 43.1 Å². The fourth-order valence-corrected chi connectivity index (χ4v) is 3.36. The van der Waals surface area contributed by atoms with E-state index in [9.17, 15) is 14.9 Å². The third-order valence-electron chi connectivity index (χ3n) is 5.16. The summed E-state index contributed by atoms with van der Waals surface area (Å²) >= 11 is 0. The number of carbonyl (C=O) groups is 1. The quantitative estimate of drug-likeness (QED) is 0.498. The van der Waals surface area contributed by atoms with Crippen LogP contribution in [0.4, 0.5) is 11.5 Å². The van der Waals surface area contributed by atoms with Gasteiger partial charge < -0.3 is 9.80 Å². The van der Waals surface area contributed by atoms with Crippen LogP contribution < -0.4 is 4.90 Å². The van der Waals surface area contributed by atoms with Gasteiger partial charge in [-0.3, -0.25) is 14.9 Å². The lowest BCUT2D eigenvalue weighted by molar-refractivity contribution is -0.385. The van der Waals surface area contributed by atoms with Crippen LogP contribution in [0.25, 0.3) is 11.0 Å². The van der Waals surface area contributed by atoms with Crippen molar-refractivity contribution in [2.24, 2.45) is 0 Å². The molecule has 148 valence electrons. The molecule has 3 heterocycles. The highest BCUT2D eigenvalue weighted by molar-refractivity contribution is 5.97. The summed E-state index contributed by atoms with van der Waals surface area (Å²) in [6.45, 7) is 6.15. The number of aryl methyl sites for hydroxylation is 2. The van der Waals surface area contributed by atoms with Gasteiger partial charge in [-0.25, -0.2) is 15.0 Å². The molecule has 9 heteroatoms. The standard InChI is InChI=1S/C20H20N6O3/c1-13-14(2)23-18-11-15(3-5-17(18)22-13)20(27)25-9-7-24(8-10-25)19-6-4-16(12-21-19)26(28)29/h3-6,11-12H,7-10H2,1-2H3. The predicted molar refractivity (Wildman–Crippen MR) is 108 cm³/mol. The average molecular weight is 392 g/mol. The Hall–Kier alpha value is -3.62. The summed E-state index contributed by atoms with van der Waals surface area (Å²) < 4.78 is 0. The lowest BCUT2D eigenvalue weighted by Crippen LogP contribution is -2.49. The van der Waals surface area contributed by atoms with Crippen molar-refractivity contribution in [2.75, 3.05) is 31.1 Å². The number of nitrogens with zero attached hydrogens (tertiary/aromatic N) is 6. The van der Waals surface area contributed by atoms with E-state index in [2.05, 4.69) is 15.0 Å². The molecule has 1 aromatic carbocycles. The van der Waals surface area contributed by atoms with Gasteiger partial charge in [-0.05, 0) is 38.1 Å². The maximum atomic E-state index is 12.9. The van der Waals surface area contributed by atoms with Gasteiger partial charge in [0.2, 0.25) is 0 Å². The molecule has 0 aliphatic carbocycles. The summed E-state index contributed by atoms with van der Waals surface area (Å²) in [6, 6.07) is 8.50. The van der Waals surface area contributed by atoms with Crippen LogP contribution in [0.1, 0.15) is 21.7 Å². The minimum absolute atomic E-state index is 0.0348. The van der Waals surface area contributed by atoms with E-state index >= 15 is 0 Å². The molecule has 1 saturated heterocycles. The van der Waals surface area contributed by atoms with Crippen LogP contribution in [0, 0.1) is 24.0 Å². The number of benzene rings is 1. The average Bonchev–Trinajstić information content (AvgIpc) is 2.74. The van der Waals surface area contributed by atoms with Gasteiger partial charge in [-0.1, -0.05) is 0 Å². The molecule has 1 fully saturated rings. The Kier molecular flexibility index (Phi) is 4.79. The largest absolute Gasteiger partial charge is 0.353 e. The zero-order chi connectivity index (χ0) is 20.5. The van der Waals surface area contributed by atoms with Gasteiger partial charge in [0, 0.05) is 37.8 Å². The molecule has 0 bridgehead atoms. The molecule has 1 aliphatic rings. The first kappa shape index (κ1) is 18.7. The molecule has 0 unspecified atom stereocenters. The summed E-state index contributed by atoms with van der Waals surface area (Å²) in [7, 11) is 0. The van der Waals surface area contributed by atoms with E-state index in [-0.39, 0.29) is 11.6 Å². The number of hydrogen-bond acceptors (Lipinski definition) is 7. The molecule has 0 atom stereocenters. The second-order valence-electron chi connectivity index (χ2n) is 7.01. The number of aromatic nitrogens is 3. The zero-order valence-corrected chi connectivity index (χ0v) is 16.2. The van der Waals surface area contributed by atoms with Crippen molar-refractivity contribution in [1.29, 1.82) is 0 Å². The van der Waals surface area contributed by atoms with Crippen LogP contribution in [-0.4, -0.2) is 56.9 Å². The Bertz CT molecular complexity index is 1090. The maximum Gasteiger partial charge on any atom is 0.287 e. The van der Waals surface area contributed by atoms with E-state index in [4.69, 9.17) is 0 Å². The summed E-state index contributed by atoms with van der Waals surface area (Å²) in [5.74, 6) is 0.637. The monoisotopic (exact) mass is 392 g/mol. The predicted octanol–water partition coefficient (Wildman–Crippen LogP) is 2.51. The van der Waals surface area contributed by atoms with Crippen LogP contribution in [-0.2, 0) is 0 Å². The van der Waals surface area contributed by atoms with Crippen molar-refractivity contribution in [3.05, 3.63) is 63.6 Å². The van der Waals surface area contributed by atoms with Gasteiger partial charge in [0.05, 0.1) is 27.3 Å². The van der Waals surface area contributed by atoms with Crippen molar-refractivity contribution in [3.63, 3.8) is 0 Å². The number of fused-ring (bicyclic) bond motifs is 1. The van der Waals surface area contributed by atoms with E-state index in [1.165, 1.54) is 12.3 Å². The first-order valence-corrected chi connectivity index (χ1v) is 9.32. The number of anilines is 1. The molecular formula is C20H20N6O3. The molecule has 3 aromatic rings. The molecule has 1 aliphatic heterocycles. The molecule has 9 nitrogen and oxygen atoms in total. The number of amides is 1. The topological polar surface area (TPSA) is 105 Å². The van der Waals surface area contributed by atoms with E-state index in [1.807, 2.05) is 24.8 Å². The van der Waals surface area contributed by atoms with Crippen LogP contribution in [0.5, 0.6) is 0 Å². The number of hydrogen-bond donors (Lipinski definition) is 0. The molecule has 0 spiro atoms. The molecule has 0 N–H and O–H groups in total. The van der Waals surface area contributed by atoms with Gasteiger partial charge in [-0.2, -0.15) is 0 Å². The Morgan fingerprint density at radius 3 is 2.31 bits per heavy atom. The SMILES string of the molecule is Cc1nc2ccc(C(=O)N3CCN(c4ccc([N+](=O)[O-])cn4)CC3)cc2nc1C. The molecule has 0 radical (unpaired) electrons. The summed E-state index contributed by atoms with van der Waals surface area (Å²) in [4.78, 5) is 40.2. The molecule has 1 amide bonds. The third-order valence-corrected chi connectivity index (χ3v) is 5.16. The fraction of sp³-hybridized carbons (Fsp3) is 0.300. The normalized spacial score (nSPS) is 14.3. The van der Waals surface area contributed by atoms with Crippen LogP contribution in [0.15, 0.2) is 36.5 Å². The molecule has 4 rings (SSSR count). The lowest BCUT2D eigenvalue weighted by atomic mass is 10.1. The third kappa shape index (κ3) is 3.71. The number of nitro groups is 1. The second kappa shape index (κ2) is 7.42. The summed E-state index contributed by atoms with van der Waals surface area (Å²) in [5.41, 5.74) is 3.79. The van der Waals surface area contributed by atoms with E-state index in [0.717, 1.165) is 16.9 Å². The molecule has 0 saturated carbocycles. The van der Waals surface area contributed by atoms with Crippen molar-refractivity contribution in [1.82, 2.24) is 19.9 Å². The minimum atomic E-state index is -0.468. The lowest BCUT2D eigenvalue weighted by Gasteiger charge is -2.35. The highest BCUT2D eigenvalue weighted by Gasteiger charge is 2.23. The molecular weight excluding hydrogens is 372 g/mol. The van der Waals surface area contributed by atoms with Gasteiger partial charge >= 0.3 is 0 Å². The Balaban J connectivity index is 1.45. The highest BCUT2D eigenvalue weighted by Crippen LogP contribution is 2.20. The first-order chi connectivity index (χ1) is 13.9. The van der Waals surface area contributed by atoms with Gasteiger partial charge in [0.25, 0.3) is 11.6 Å². The van der Waals surface area contributed by atoms with Crippen molar-refractivity contribution >= 4 is 28.4 Å². The van der Waals surface area contributed by atoms with Crippen molar-refractivity contribution in [2.45, 2.75) is 13.8 Å². The van der Waals surface area contributed by atoms with E-state index < -0.39 is 4.92 Å². The number of rotatable bonds is 3. The Morgan fingerprint density at radius 1 is 1.00 bits per heavy atom. The van der Waals surface area contributed by atoms with Crippen LogP contribution in [0.2, 0.25) is 0 Å². The van der Waals surface area contributed by atoms with Gasteiger partial charge in [-0.15, -0.1) is 0 Å². The Labute approximate surface area is 167 Å². The maximum absolute atomic E-state index is 12.9. The first-order valence-electron chi connectivity index (χ1n) is 9.32. The fourth-order valence-electron chi connectivity index (χ4n) is 3.36. The smallest absolute Gasteiger partial charge is 0.287 e. The number of pyridine rings is 1. The Morgan fingerprint density at radius 2 is 1.69 bits per heavy atom. The summed E-state index contributed by atoms with van der Waals surface area (Å²) in [6.07, 6.45) is 1.26. The molecule has 2 aromatic heterocycles. The minimum Gasteiger partial charge on any atom is -0.353 e. The van der Waals surface area contributed by atoms with Crippen LogP contribution in [0.3, 0.4) is 0 Å². The van der Waals surface area contributed by atoms with E-state index in [1.54, 1.807) is 23.1 Å². The zero-order valence-electron chi connectivity index (χ0n) is 16.2. The van der Waals surface area contributed by atoms with Crippen molar-refractivity contribution < 1.29 is 9.72 Å². The second-order valence-corrected chi connectivity index (χ2v) is 7.01. The number of carbonyl (C=O) groups excluding carboxylic acids is 1. The van der Waals surface area contributed by atoms with Gasteiger partial charge in [0.15, 0.2) is 0 Å². The van der Waals surface area contributed by atoms with Gasteiger partial charge in [0.1, 0.15) is 12.0 Å². The molecule has 29 heavy (non-hydrogen) atoms. The number of piperazine rings is 1. The van der Waals surface area contributed by atoms with Crippen molar-refractivity contribution in [3.8, 4) is 0 Å². The highest BCUT2D eigenvalue weighted by atomic mass is 16.6. The summed E-state index contributed by atoms with van der Waals surface area (Å²) in [5, 5.41) is 10.8.